The molecule has 2 saturated heterocycles. The zero-order chi connectivity index (χ0) is 30.9. The minimum Gasteiger partial charge on any atom is -0.493 e. The number of alkyl carbamates (subject to hydrolysis) is 1. The van der Waals surface area contributed by atoms with Gasteiger partial charge in [0, 0.05) is 31.6 Å². The van der Waals surface area contributed by atoms with Gasteiger partial charge in [-0.15, -0.1) is 0 Å². The molecule has 4 aliphatic heterocycles. The van der Waals surface area contributed by atoms with Crippen LogP contribution in [0, 0.1) is 10.8 Å². The monoisotopic (exact) mass is 601 g/mol. The van der Waals surface area contributed by atoms with Crippen LogP contribution in [-0.4, -0.2) is 85.3 Å². The molecule has 2 amide bonds. The van der Waals surface area contributed by atoms with Crippen LogP contribution in [0.25, 0.3) is 0 Å². The fourth-order valence-electron chi connectivity index (χ4n) is 6.24. The lowest BCUT2D eigenvalue weighted by Gasteiger charge is -2.35. The Balaban J connectivity index is 1.35. The number of nitrogens with one attached hydrogen (secondary N) is 1. The maximum Gasteiger partial charge on any atom is 0.407 e. The van der Waals surface area contributed by atoms with E-state index in [2.05, 4.69) is 30.1 Å². The van der Waals surface area contributed by atoms with Crippen LogP contribution in [0.3, 0.4) is 0 Å². The molecule has 1 N–H and O–H groups in total. The van der Waals surface area contributed by atoms with Crippen molar-refractivity contribution >= 4 is 18.0 Å². The summed E-state index contributed by atoms with van der Waals surface area (Å²) in [6.45, 7) is 12.2. The lowest BCUT2D eigenvalue weighted by Crippen LogP contribution is -2.57. The summed E-state index contributed by atoms with van der Waals surface area (Å²) in [7, 11) is 1.31. The van der Waals surface area contributed by atoms with E-state index in [4.69, 9.17) is 23.7 Å². The zero-order valence-corrected chi connectivity index (χ0v) is 26.4. The molecule has 1 aromatic rings. The van der Waals surface area contributed by atoms with Gasteiger partial charge in [-0.1, -0.05) is 59.6 Å². The van der Waals surface area contributed by atoms with Gasteiger partial charge < -0.3 is 33.9 Å². The Labute approximate surface area is 254 Å². The summed E-state index contributed by atoms with van der Waals surface area (Å²) in [5.41, 5.74) is 1.54. The summed E-state index contributed by atoms with van der Waals surface area (Å²) in [6.07, 6.45) is 2.32. The molecule has 238 valence electrons. The average Bonchev–Trinajstić information content (AvgIpc) is 3.36. The molecule has 5 rings (SSSR count). The maximum atomic E-state index is 14.0. The van der Waals surface area contributed by atoms with Crippen molar-refractivity contribution in [3.05, 3.63) is 29.3 Å². The van der Waals surface area contributed by atoms with E-state index in [1.165, 1.54) is 23.1 Å². The number of carbonyl (C=O) groups excluding carboxylic acids is 3. The first-order valence-electron chi connectivity index (χ1n) is 15.5. The van der Waals surface area contributed by atoms with Crippen molar-refractivity contribution in [3.63, 3.8) is 0 Å². The van der Waals surface area contributed by atoms with E-state index in [0.29, 0.717) is 13.2 Å². The van der Waals surface area contributed by atoms with Crippen LogP contribution >= 0.6 is 0 Å². The minimum atomic E-state index is -0.919. The number of nitrogens with zero attached hydrogens (tertiary/aromatic N) is 2. The summed E-state index contributed by atoms with van der Waals surface area (Å²) in [5, 5.41) is 2.80. The van der Waals surface area contributed by atoms with Crippen molar-refractivity contribution in [1.82, 2.24) is 15.1 Å². The van der Waals surface area contributed by atoms with Crippen molar-refractivity contribution in [1.29, 1.82) is 0 Å². The van der Waals surface area contributed by atoms with Gasteiger partial charge in [0.1, 0.15) is 17.8 Å². The Morgan fingerprint density at radius 2 is 1.86 bits per heavy atom. The quantitative estimate of drug-likeness (QED) is 0.377. The van der Waals surface area contributed by atoms with Crippen LogP contribution in [0.2, 0.25) is 0 Å². The predicted octanol–water partition coefficient (Wildman–Crippen LogP) is 3.96. The molecule has 4 unspecified atom stereocenters. The normalized spacial score (nSPS) is 31.7. The van der Waals surface area contributed by atoms with Gasteiger partial charge in [0.15, 0.2) is 12.5 Å². The van der Waals surface area contributed by atoms with Crippen molar-refractivity contribution in [3.8, 4) is 5.75 Å². The Bertz CT molecular complexity index is 1200. The van der Waals surface area contributed by atoms with Crippen molar-refractivity contribution < 1.29 is 38.1 Å². The van der Waals surface area contributed by atoms with Crippen molar-refractivity contribution in [2.75, 3.05) is 26.9 Å². The summed E-state index contributed by atoms with van der Waals surface area (Å²) in [6, 6.07) is 4.43. The van der Waals surface area contributed by atoms with E-state index >= 15 is 0 Å². The topological polar surface area (TPSA) is 119 Å². The van der Waals surface area contributed by atoms with Gasteiger partial charge in [-0.2, -0.15) is 0 Å². The summed E-state index contributed by atoms with van der Waals surface area (Å²) >= 11 is 0. The minimum absolute atomic E-state index is 0.180. The molecule has 2 fully saturated rings. The highest BCUT2D eigenvalue weighted by atomic mass is 16.8. The summed E-state index contributed by atoms with van der Waals surface area (Å²) in [4.78, 5) is 43.4. The van der Waals surface area contributed by atoms with Crippen molar-refractivity contribution in [2.45, 2.75) is 111 Å². The molecular weight excluding hydrogens is 554 g/mol. The highest BCUT2D eigenvalue weighted by Crippen LogP contribution is 2.39. The van der Waals surface area contributed by atoms with Crippen molar-refractivity contribution in [2.24, 2.45) is 10.8 Å². The molecule has 6 atom stereocenters. The fraction of sp³-hybridized carbons (Fsp3) is 0.719. The molecule has 0 radical (unpaired) electrons. The molecule has 0 aromatic heterocycles. The molecule has 0 spiro atoms. The number of esters is 1. The molecule has 4 aliphatic rings. The number of methoxy groups -OCH3 is 1. The van der Waals surface area contributed by atoms with E-state index in [0.717, 1.165) is 38.0 Å². The molecule has 43 heavy (non-hydrogen) atoms. The highest BCUT2D eigenvalue weighted by Gasteiger charge is 2.52. The molecule has 0 aliphatic carbocycles. The van der Waals surface area contributed by atoms with Gasteiger partial charge in [-0.05, 0) is 35.3 Å². The van der Waals surface area contributed by atoms with Gasteiger partial charge in [0.25, 0.3) is 0 Å². The van der Waals surface area contributed by atoms with Crippen LogP contribution < -0.4 is 10.1 Å². The highest BCUT2D eigenvalue weighted by molar-refractivity contribution is 5.91. The number of benzene rings is 1. The number of rotatable bonds is 1. The second-order valence-corrected chi connectivity index (χ2v) is 14.1. The molecule has 4 bridgehead atoms. The molecule has 11 heteroatoms. The van der Waals surface area contributed by atoms with E-state index in [1.807, 2.05) is 32.9 Å². The number of amides is 2. The standard InChI is InChI=1S/C32H47N3O8/c1-31(2,3)25-26(36)35-17-21(15-23(35)28(37)39-6)42-29-27(43-29)34-16-20-11-10-12-24(22(20)18-34)40-14-9-7-8-13-32(4,5)19-41-30(38)33-25/h10-12,21,23,25,27,29H,7-9,13-19H2,1-6H3,(H,33,38)/t21-,23?,25-,27?,29?/m1/s1. The number of fused-ring (bicyclic) bond motifs is 5. The van der Waals surface area contributed by atoms with E-state index in [-0.39, 0.29) is 37.1 Å². The van der Waals surface area contributed by atoms with Crippen LogP contribution in [-0.2, 0) is 41.6 Å². The lowest BCUT2D eigenvalue weighted by molar-refractivity contribution is -0.152. The van der Waals surface area contributed by atoms with E-state index < -0.39 is 42.0 Å². The number of epoxide rings is 1. The third-order valence-corrected chi connectivity index (χ3v) is 8.82. The van der Waals surface area contributed by atoms with Gasteiger partial charge in [-0.3, -0.25) is 9.69 Å². The molecule has 4 heterocycles. The first-order chi connectivity index (χ1) is 20.4. The Kier molecular flexibility index (Phi) is 9.25. The fourth-order valence-corrected chi connectivity index (χ4v) is 6.24. The van der Waals surface area contributed by atoms with E-state index in [1.54, 1.807) is 0 Å². The van der Waals surface area contributed by atoms with Crippen LogP contribution in [0.1, 0.15) is 77.8 Å². The average molecular weight is 602 g/mol. The van der Waals surface area contributed by atoms with Gasteiger partial charge in [0.2, 0.25) is 5.91 Å². The number of carbonyl (C=O) groups is 3. The predicted molar refractivity (Wildman–Crippen MR) is 157 cm³/mol. The number of hydrogen-bond acceptors (Lipinski definition) is 9. The third kappa shape index (κ3) is 7.44. The van der Waals surface area contributed by atoms with E-state index in [9.17, 15) is 14.4 Å². The summed E-state index contributed by atoms with van der Waals surface area (Å²) < 4.78 is 29.1. The Morgan fingerprint density at radius 1 is 1.07 bits per heavy atom. The maximum absolute atomic E-state index is 14.0. The first kappa shape index (κ1) is 31.5. The smallest absolute Gasteiger partial charge is 0.407 e. The van der Waals surface area contributed by atoms with Gasteiger partial charge in [-0.25, -0.2) is 9.59 Å². The second kappa shape index (κ2) is 12.6. The van der Waals surface area contributed by atoms with Crippen LogP contribution in [0.15, 0.2) is 18.2 Å². The largest absolute Gasteiger partial charge is 0.493 e. The lowest BCUT2D eigenvalue weighted by atomic mass is 9.85. The van der Waals surface area contributed by atoms with Gasteiger partial charge in [0.05, 0.1) is 26.4 Å². The molecular formula is C32H47N3O8. The number of cyclic esters (lactones) is 1. The number of ether oxygens (including phenoxy) is 5. The van der Waals surface area contributed by atoms with Crippen LogP contribution in [0.4, 0.5) is 4.79 Å². The Morgan fingerprint density at radius 3 is 2.60 bits per heavy atom. The number of hydrogen-bond donors (Lipinski definition) is 1. The molecule has 1 aromatic carbocycles. The SMILES string of the molecule is COC(=O)C1C[C@@H]2CN1C(=O)[C@H](C(C)(C)C)NC(=O)OCC(C)(C)CCCCCOc1cccc3c1CN(C3)C1OC1O2. The molecule has 11 nitrogen and oxygen atoms in total. The first-order valence-corrected chi connectivity index (χ1v) is 15.5. The van der Waals surface area contributed by atoms with Gasteiger partial charge >= 0.3 is 12.1 Å². The molecule has 0 saturated carbocycles. The second-order valence-electron chi connectivity index (χ2n) is 14.1. The summed E-state index contributed by atoms with van der Waals surface area (Å²) in [5.74, 6) is 0.0172. The third-order valence-electron chi connectivity index (χ3n) is 8.82. The van der Waals surface area contributed by atoms with Crippen LogP contribution in [0.5, 0.6) is 5.75 Å². The Hall–Kier alpha value is -2.89. The zero-order valence-electron chi connectivity index (χ0n) is 26.4.